The van der Waals surface area contributed by atoms with Crippen LogP contribution in [-0.2, 0) is 6.54 Å². The number of anilines is 1. The number of nitrogens with one attached hydrogen (secondary N) is 1. The van der Waals surface area contributed by atoms with Crippen molar-refractivity contribution in [3.63, 3.8) is 0 Å². The van der Waals surface area contributed by atoms with Crippen LogP contribution in [-0.4, -0.2) is 6.98 Å². The third kappa shape index (κ3) is 5.41. The average Bonchev–Trinajstić information content (AvgIpc) is 2.38. The van der Waals surface area contributed by atoms with Crippen LogP contribution in [0.2, 0.25) is 0 Å². The van der Waals surface area contributed by atoms with E-state index in [0.29, 0.717) is 5.56 Å². The molecule has 2 rings (SSSR count). The molecule has 1 N–H and O–H groups in total. The molecule has 0 bridgehead atoms. The van der Waals surface area contributed by atoms with E-state index in [-0.39, 0.29) is 57.9 Å². The summed E-state index contributed by atoms with van der Waals surface area (Å²) in [6.07, 6.45) is 0. The van der Waals surface area contributed by atoms with Crippen molar-refractivity contribution in [2.24, 2.45) is 0 Å². The van der Waals surface area contributed by atoms with Crippen LogP contribution in [0.3, 0.4) is 0 Å². The van der Waals surface area contributed by atoms with E-state index in [1.807, 2.05) is 31.2 Å². The average molecular weight is 321 g/mol. The Morgan fingerprint density at radius 1 is 1.00 bits per heavy atom. The van der Waals surface area contributed by atoms with Gasteiger partial charge in [0.2, 0.25) is 0 Å². The van der Waals surface area contributed by atoms with Crippen molar-refractivity contribution < 1.29 is 68.7 Å². The molecular weight excluding hydrogens is 308 g/mol. The maximum Gasteiger partial charge on any atom is 1.00 e. The second kappa shape index (κ2) is 7.78. The van der Waals surface area contributed by atoms with E-state index in [9.17, 15) is 17.3 Å². The molecule has 0 amide bonds. The van der Waals surface area contributed by atoms with E-state index < -0.39 is 18.3 Å². The predicted molar refractivity (Wildman–Crippen MR) is 73.6 cm³/mol. The predicted octanol–water partition coefficient (Wildman–Crippen LogP) is 0.805. The Morgan fingerprint density at radius 2 is 1.62 bits per heavy atom. The smallest absolute Gasteiger partial charge is 0.445 e. The van der Waals surface area contributed by atoms with Crippen LogP contribution in [0.15, 0.2) is 42.5 Å². The molecule has 21 heavy (non-hydrogen) atoms. The number of hydrogen-bond donors (Lipinski definition) is 1. The van der Waals surface area contributed by atoms with E-state index in [2.05, 4.69) is 5.32 Å². The van der Waals surface area contributed by atoms with Crippen LogP contribution >= 0.6 is 0 Å². The van der Waals surface area contributed by atoms with Crippen LogP contribution in [0.5, 0.6) is 0 Å². The molecular formula is C14H13BF4KN. The van der Waals surface area contributed by atoms with Gasteiger partial charge in [0, 0.05) is 12.2 Å². The quantitative estimate of drug-likeness (QED) is 0.649. The van der Waals surface area contributed by atoms with Crippen LogP contribution in [0, 0.1) is 12.7 Å². The van der Waals surface area contributed by atoms with Crippen molar-refractivity contribution in [1.82, 2.24) is 0 Å². The summed E-state index contributed by atoms with van der Waals surface area (Å²) in [6.45, 7) is -3.17. The van der Waals surface area contributed by atoms with Crippen molar-refractivity contribution in [1.29, 1.82) is 0 Å². The number of benzene rings is 2. The second-order valence-corrected chi connectivity index (χ2v) is 4.65. The Balaban J connectivity index is 0.00000220. The molecule has 0 aliphatic carbocycles. The first-order valence-corrected chi connectivity index (χ1v) is 6.15. The maximum absolute atomic E-state index is 13.1. The molecule has 0 heterocycles. The topological polar surface area (TPSA) is 12.0 Å². The number of halogens is 4. The molecule has 2 aromatic carbocycles. The van der Waals surface area contributed by atoms with Crippen molar-refractivity contribution in [3.8, 4) is 0 Å². The van der Waals surface area contributed by atoms with Gasteiger partial charge in [-0.05, 0) is 30.7 Å². The van der Waals surface area contributed by atoms with Crippen LogP contribution in [0.25, 0.3) is 0 Å². The molecule has 7 heteroatoms. The SMILES string of the molecule is Cc1ccc(NCc2ccc(F)c([B-](F)(F)F)c2)cc1.[K+]. The van der Waals surface area contributed by atoms with E-state index >= 15 is 0 Å². The Morgan fingerprint density at radius 3 is 2.19 bits per heavy atom. The zero-order valence-corrected chi connectivity index (χ0v) is 15.0. The first kappa shape index (κ1) is 18.7. The summed E-state index contributed by atoms with van der Waals surface area (Å²) in [6, 6.07) is 10.5. The van der Waals surface area contributed by atoms with E-state index in [1.165, 1.54) is 6.07 Å². The molecule has 0 spiro atoms. The number of aryl methyl sites for hydroxylation is 1. The molecule has 0 aliphatic heterocycles. The molecule has 0 aromatic heterocycles. The molecule has 0 fully saturated rings. The third-order valence-electron chi connectivity index (χ3n) is 2.96. The monoisotopic (exact) mass is 321 g/mol. The van der Waals surface area contributed by atoms with Gasteiger partial charge in [0.05, 0.1) is 5.82 Å². The van der Waals surface area contributed by atoms with E-state index in [4.69, 9.17) is 0 Å². The van der Waals surface area contributed by atoms with Crippen LogP contribution in [0.1, 0.15) is 11.1 Å². The van der Waals surface area contributed by atoms with Gasteiger partial charge in [0.15, 0.2) is 0 Å². The Kier molecular flexibility index (Phi) is 6.93. The van der Waals surface area contributed by atoms with E-state index in [1.54, 1.807) is 0 Å². The summed E-state index contributed by atoms with van der Waals surface area (Å²) in [4.78, 5) is 0. The van der Waals surface area contributed by atoms with Gasteiger partial charge in [-0.1, -0.05) is 35.3 Å². The van der Waals surface area contributed by atoms with Gasteiger partial charge < -0.3 is 18.3 Å². The molecule has 0 radical (unpaired) electrons. The van der Waals surface area contributed by atoms with Gasteiger partial charge in [-0.2, -0.15) is 0 Å². The summed E-state index contributed by atoms with van der Waals surface area (Å²) >= 11 is 0. The molecule has 0 aliphatic rings. The van der Waals surface area contributed by atoms with Crippen molar-refractivity contribution >= 4 is 18.1 Å². The molecule has 0 unspecified atom stereocenters. The third-order valence-corrected chi connectivity index (χ3v) is 2.96. The fourth-order valence-electron chi connectivity index (χ4n) is 1.83. The van der Waals surface area contributed by atoms with Gasteiger partial charge in [0.1, 0.15) is 0 Å². The van der Waals surface area contributed by atoms with Gasteiger partial charge in [-0.15, -0.1) is 0 Å². The van der Waals surface area contributed by atoms with Gasteiger partial charge in [-0.25, -0.2) is 4.39 Å². The Labute approximate surface area is 163 Å². The number of hydrogen-bond acceptors (Lipinski definition) is 1. The minimum atomic E-state index is -5.33. The summed E-state index contributed by atoms with van der Waals surface area (Å²) in [7, 11) is 0. The van der Waals surface area contributed by atoms with Crippen molar-refractivity contribution in [2.45, 2.75) is 13.5 Å². The normalized spacial score (nSPS) is 10.9. The summed E-state index contributed by atoms with van der Waals surface area (Å²) < 4.78 is 51.1. The minimum absolute atomic E-state index is 0. The Hall–Kier alpha value is -0.339. The fraction of sp³-hybridized carbons (Fsp3) is 0.143. The maximum atomic E-state index is 13.1. The first-order valence-electron chi connectivity index (χ1n) is 6.15. The van der Waals surface area contributed by atoms with Gasteiger partial charge in [-0.3, -0.25) is 0 Å². The minimum Gasteiger partial charge on any atom is -0.445 e. The van der Waals surface area contributed by atoms with Gasteiger partial charge in [0.25, 0.3) is 0 Å². The summed E-state index contributed by atoms with van der Waals surface area (Å²) in [5.41, 5.74) is 1.12. The Bertz CT molecular complexity index is 599. The summed E-state index contributed by atoms with van der Waals surface area (Å²) in [5.74, 6) is -1.23. The molecule has 2 aromatic rings. The van der Waals surface area contributed by atoms with Crippen molar-refractivity contribution in [3.05, 3.63) is 59.4 Å². The molecule has 0 saturated heterocycles. The second-order valence-electron chi connectivity index (χ2n) is 4.65. The first-order chi connectivity index (χ1) is 9.36. The standard InChI is InChI=1S/C14H13BF4N.K/c1-10-2-5-12(6-3-10)20-9-11-4-7-14(16)13(8-11)15(17,18)19;/h2-8,20H,9H2,1H3;/q-1;+1. The number of rotatable bonds is 4. The molecule has 106 valence electrons. The zero-order valence-electron chi connectivity index (χ0n) is 11.8. The molecule has 0 atom stereocenters. The molecule has 1 nitrogen and oxygen atoms in total. The van der Waals surface area contributed by atoms with Gasteiger partial charge >= 0.3 is 58.4 Å². The zero-order chi connectivity index (χ0) is 14.8. The largest absolute Gasteiger partial charge is 1.00 e. The van der Waals surface area contributed by atoms with Crippen LogP contribution in [0.4, 0.5) is 23.0 Å². The summed E-state index contributed by atoms with van der Waals surface area (Å²) in [5, 5.41) is 3.00. The van der Waals surface area contributed by atoms with Crippen LogP contribution < -0.4 is 62.2 Å². The molecule has 0 saturated carbocycles. The fourth-order valence-corrected chi connectivity index (χ4v) is 1.83. The van der Waals surface area contributed by atoms with E-state index in [0.717, 1.165) is 23.4 Å². The van der Waals surface area contributed by atoms with Crippen molar-refractivity contribution in [2.75, 3.05) is 5.32 Å².